The van der Waals surface area contributed by atoms with Crippen molar-refractivity contribution in [1.82, 2.24) is 9.88 Å². The standard InChI is InChI=1S/C14H17ClN2/c1-10(15)8-16-9-14-11(2)12-6-4-5-7-13(12)17(14)3/h4-7,16H,1,8-9H2,2-3H3. The molecule has 0 saturated heterocycles. The van der Waals surface area contributed by atoms with Gasteiger partial charge in [-0.2, -0.15) is 0 Å². The first-order valence-corrected chi connectivity index (χ1v) is 6.06. The van der Waals surface area contributed by atoms with Gasteiger partial charge in [-0.25, -0.2) is 0 Å². The van der Waals surface area contributed by atoms with Crippen LogP contribution >= 0.6 is 11.6 Å². The number of para-hydroxylation sites is 1. The smallest absolute Gasteiger partial charge is 0.0483 e. The van der Waals surface area contributed by atoms with Crippen LogP contribution in [0.5, 0.6) is 0 Å². The molecular weight excluding hydrogens is 232 g/mol. The molecule has 1 aromatic carbocycles. The van der Waals surface area contributed by atoms with Gasteiger partial charge in [-0.05, 0) is 18.6 Å². The van der Waals surface area contributed by atoms with E-state index in [9.17, 15) is 0 Å². The van der Waals surface area contributed by atoms with Crippen molar-refractivity contribution in [1.29, 1.82) is 0 Å². The van der Waals surface area contributed by atoms with E-state index in [0.29, 0.717) is 11.6 Å². The van der Waals surface area contributed by atoms with E-state index in [1.54, 1.807) is 0 Å². The molecule has 0 bridgehead atoms. The second-order valence-corrected chi connectivity index (χ2v) is 4.80. The third-order valence-electron chi connectivity index (χ3n) is 3.12. The van der Waals surface area contributed by atoms with Crippen molar-refractivity contribution in [2.24, 2.45) is 7.05 Å². The Labute approximate surface area is 107 Å². The number of halogens is 1. The van der Waals surface area contributed by atoms with Gasteiger partial charge in [-0.3, -0.25) is 0 Å². The summed E-state index contributed by atoms with van der Waals surface area (Å²) in [5.41, 5.74) is 3.89. The van der Waals surface area contributed by atoms with Crippen molar-refractivity contribution >= 4 is 22.5 Å². The van der Waals surface area contributed by atoms with Gasteiger partial charge in [-0.1, -0.05) is 36.4 Å². The zero-order valence-corrected chi connectivity index (χ0v) is 11.0. The van der Waals surface area contributed by atoms with Gasteiger partial charge >= 0.3 is 0 Å². The van der Waals surface area contributed by atoms with Crippen molar-refractivity contribution in [3.8, 4) is 0 Å². The quantitative estimate of drug-likeness (QED) is 0.878. The van der Waals surface area contributed by atoms with Gasteiger partial charge in [0.05, 0.1) is 0 Å². The third-order valence-corrected chi connectivity index (χ3v) is 3.25. The number of nitrogens with zero attached hydrogens (tertiary/aromatic N) is 1. The van der Waals surface area contributed by atoms with E-state index in [0.717, 1.165) is 6.54 Å². The zero-order chi connectivity index (χ0) is 12.4. The third kappa shape index (κ3) is 2.38. The van der Waals surface area contributed by atoms with E-state index < -0.39 is 0 Å². The van der Waals surface area contributed by atoms with E-state index in [1.165, 1.54) is 22.2 Å². The Balaban J connectivity index is 2.31. The number of hydrogen-bond donors (Lipinski definition) is 1. The minimum atomic E-state index is 0.640. The molecule has 0 radical (unpaired) electrons. The molecule has 2 rings (SSSR count). The predicted octanol–water partition coefficient (Wildman–Crippen LogP) is 3.33. The highest BCUT2D eigenvalue weighted by Crippen LogP contribution is 2.24. The number of hydrogen-bond acceptors (Lipinski definition) is 1. The Hall–Kier alpha value is -1.25. The first-order valence-electron chi connectivity index (χ1n) is 5.68. The molecule has 17 heavy (non-hydrogen) atoms. The number of fused-ring (bicyclic) bond motifs is 1. The summed E-state index contributed by atoms with van der Waals surface area (Å²) < 4.78 is 2.23. The van der Waals surface area contributed by atoms with Crippen LogP contribution in [0.1, 0.15) is 11.3 Å². The van der Waals surface area contributed by atoms with Crippen LogP contribution in [0.15, 0.2) is 35.9 Å². The Morgan fingerprint density at radius 3 is 2.76 bits per heavy atom. The van der Waals surface area contributed by atoms with E-state index >= 15 is 0 Å². The van der Waals surface area contributed by atoms with Crippen molar-refractivity contribution in [2.75, 3.05) is 6.54 Å². The second kappa shape index (κ2) is 4.94. The minimum absolute atomic E-state index is 0.640. The van der Waals surface area contributed by atoms with E-state index in [2.05, 4.69) is 54.7 Å². The van der Waals surface area contributed by atoms with Gasteiger partial charge in [0.1, 0.15) is 0 Å². The minimum Gasteiger partial charge on any atom is -0.346 e. The normalized spacial score (nSPS) is 11.0. The molecule has 0 saturated carbocycles. The molecular formula is C14H17ClN2. The second-order valence-electron chi connectivity index (χ2n) is 4.27. The van der Waals surface area contributed by atoms with Crippen LogP contribution in [0, 0.1) is 6.92 Å². The van der Waals surface area contributed by atoms with E-state index in [4.69, 9.17) is 11.6 Å². The predicted molar refractivity (Wildman–Crippen MR) is 74.4 cm³/mol. The van der Waals surface area contributed by atoms with E-state index in [-0.39, 0.29) is 0 Å². The molecule has 3 heteroatoms. The molecule has 0 spiro atoms. The highest BCUT2D eigenvalue weighted by atomic mass is 35.5. The van der Waals surface area contributed by atoms with Gasteiger partial charge in [0, 0.05) is 41.8 Å². The zero-order valence-electron chi connectivity index (χ0n) is 10.3. The van der Waals surface area contributed by atoms with Crippen LogP contribution in [-0.2, 0) is 13.6 Å². The molecule has 1 N–H and O–H groups in total. The largest absolute Gasteiger partial charge is 0.346 e. The van der Waals surface area contributed by atoms with Gasteiger partial charge in [0.2, 0.25) is 0 Å². The SMILES string of the molecule is C=C(Cl)CNCc1c(C)c2ccccc2n1C. The average Bonchev–Trinajstić information content (AvgIpc) is 2.54. The van der Waals surface area contributed by atoms with Crippen LogP contribution in [-0.4, -0.2) is 11.1 Å². The Kier molecular flexibility index (Phi) is 3.55. The van der Waals surface area contributed by atoms with Crippen LogP contribution in [0.25, 0.3) is 10.9 Å². The van der Waals surface area contributed by atoms with Gasteiger partial charge in [0.25, 0.3) is 0 Å². The fourth-order valence-corrected chi connectivity index (χ4v) is 2.30. The summed E-state index contributed by atoms with van der Waals surface area (Å²) in [7, 11) is 2.10. The summed E-state index contributed by atoms with van der Waals surface area (Å²) >= 11 is 5.74. The molecule has 0 fully saturated rings. The number of aromatic nitrogens is 1. The molecule has 2 aromatic rings. The van der Waals surface area contributed by atoms with Gasteiger partial charge in [0.15, 0.2) is 0 Å². The highest BCUT2D eigenvalue weighted by molar-refractivity contribution is 6.29. The maximum atomic E-state index is 5.74. The van der Waals surface area contributed by atoms with Gasteiger partial charge in [-0.15, -0.1) is 0 Å². The highest BCUT2D eigenvalue weighted by Gasteiger charge is 2.10. The number of aryl methyl sites for hydroxylation is 2. The fourth-order valence-electron chi connectivity index (χ4n) is 2.20. The maximum Gasteiger partial charge on any atom is 0.0483 e. The van der Waals surface area contributed by atoms with Crippen LogP contribution in [0.2, 0.25) is 0 Å². The lowest BCUT2D eigenvalue weighted by Gasteiger charge is -2.07. The number of nitrogens with one attached hydrogen (secondary N) is 1. The number of rotatable bonds is 4. The van der Waals surface area contributed by atoms with Crippen molar-refractivity contribution < 1.29 is 0 Å². The Bertz CT molecular complexity index is 516. The first kappa shape index (κ1) is 12.2. The Morgan fingerprint density at radius 2 is 2.12 bits per heavy atom. The molecule has 0 aliphatic heterocycles. The lowest BCUT2D eigenvalue weighted by molar-refractivity contribution is 0.701. The topological polar surface area (TPSA) is 17.0 Å². The fraction of sp³-hybridized carbons (Fsp3) is 0.286. The number of benzene rings is 1. The summed E-state index contributed by atoms with van der Waals surface area (Å²) in [6.45, 7) is 7.28. The molecule has 0 unspecified atom stereocenters. The molecule has 0 aliphatic carbocycles. The van der Waals surface area contributed by atoms with Gasteiger partial charge < -0.3 is 9.88 Å². The summed E-state index contributed by atoms with van der Waals surface area (Å²) in [5.74, 6) is 0. The summed E-state index contributed by atoms with van der Waals surface area (Å²) in [6, 6.07) is 8.45. The van der Waals surface area contributed by atoms with Crippen molar-refractivity contribution in [3.63, 3.8) is 0 Å². The summed E-state index contributed by atoms with van der Waals surface area (Å²) in [6.07, 6.45) is 0. The molecule has 0 aliphatic rings. The molecule has 1 aromatic heterocycles. The average molecular weight is 249 g/mol. The first-order chi connectivity index (χ1) is 8.11. The summed E-state index contributed by atoms with van der Waals surface area (Å²) in [5, 5.41) is 5.25. The van der Waals surface area contributed by atoms with Crippen LogP contribution < -0.4 is 5.32 Å². The maximum absolute atomic E-state index is 5.74. The van der Waals surface area contributed by atoms with E-state index in [1.807, 2.05) is 0 Å². The lowest BCUT2D eigenvalue weighted by atomic mass is 10.1. The van der Waals surface area contributed by atoms with Crippen molar-refractivity contribution in [3.05, 3.63) is 47.1 Å². The lowest BCUT2D eigenvalue weighted by Crippen LogP contribution is -2.17. The Morgan fingerprint density at radius 1 is 1.41 bits per heavy atom. The molecule has 0 amide bonds. The van der Waals surface area contributed by atoms with Crippen LogP contribution in [0.4, 0.5) is 0 Å². The molecule has 90 valence electrons. The molecule has 1 heterocycles. The monoisotopic (exact) mass is 248 g/mol. The molecule has 2 nitrogen and oxygen atoms in total. The van der Waals surface area contributed by atoms with Crippen molar-refractivity contribution in [2.45, 2.75) is 13.5 Å². The molecule has 0 atom stereocenters. The van der Waals surface area contributed by atoms with Crippen LogP contribution in [0.3, 0.4) is 0 Å². The summed E-state index contributed by atoms with van der Waals surface area (Å²) in [4.78, 5) is 0.